The lowest BCUT2D eigenvalue weighted by atomic mass is 10.0. The Labute approximate surface area is 145 Å². The van der Waals surface area contributed by atoms with E-state index >= 15 is 0 Å². The third-order valence-corrected chi connectivity index (χ3v) is 5.71. The molecule has 1 fully saturated rings. The number of thioether (sulfide) groups is 1. The van der Waals surface area contributed by atoms with Crippen molar-refractivity contribution in [3.63, 3.8) is 0 Å². The van der Waals surface area contributed by atoms with E-state index in [4.69, 9.17) is 0 Å². The van der Waals surface area contributed by atoms with E-state index in [2.05, 4.69) is 36.1 Å². The molecule has 5 nitrogen and oxygen atoms in total. The van der Waals surface area contributed by atoms with E-state index in [0.717, 1.165) is 28.3 Å². The molecule has 1 aliphatic heterocycles. The third-order valence-electron chi connectivity index (χ3n) is 4.69. The number of hydrogen-bond donors (Lipinski definition) is 0. The maximum atomic E-state index is 12.1. The molecule has 0 spiro atoms. The lowest BCUT2D eigenvalue weighted by molar-refractivity contribution is 0.206. The Morgan fingerprint density at radius 3 is 2.54 bits per heavy atom. The van der Waals surface area contributed by atoms with Gasteiger partial charge in [0, 0.05) is 56.5 Å². The number of aryl methyl sites for hydroxylation is 1. The van der Waals surface area contributed by atoms with E-state index in [-0.39, 0.29) is 11.2 Å². The van der Waals surface area contributed by atoms with E-state index in [1.165, 1.54) is 18.2 Å². The Morgan fingerprint density at radius 2 is 1.83 bits per heavy atom. The number of aromatic nitrogens is 2. The lowest BCUT2D eigenvalue weighted by Crippen LogP contribution is -2.41. The minimum atomic E-state index is -0.268. The minimum Gasteiger partial charge on any atom is -0.299 e. The number of benzene rings is 1. The summed E-state index contributed by atoms with van der Waals surface area (Å²) in [5.74, 6) is 2.10. The van der Waals surface area contributed by atoms with Gasteiger partial charge in [0.15, 0.2) is 0 Å². The van der Waals surface area contributed by atoms with Crippen molar-refractivity contribution < 1.29 is 0 Å². The van der Waals surface area contributed by atoms with Gasteiger partial charge in [0.05, 0.1) is 0 Å². The summed E-state index contributed by atoms with van der Waals surface area (Å²) in [4.78, 5) is 26.5. The summed E-state index contributed by atoms with van der Waals surface area (Å²) in [6, 6.07) is 10.5. The van der Waals surface area contributed by atoms with Crippen LogP contribution in [0.5, 0.6) is 0 Å². The van der Waals surface area contributed by atoms with Gasteiger partial charge in [0.2, 0.25) is 0 Å². The van der Waals surface area contributed by atoms with Crippen molar-refractivity contribution >= 4 is 11.8 Å². The lowest BCUT2D eigenvalue weighted by Gasteiger charge is -2.36. The van der Waals surface area contributed by atoms with Crippen molar-refractivity contribution in [3.8, 4) is 0 Å². The summed E-state index contributed by atoms with van der Waals surface area (Å²) in [6.07, 6.45) is 0. The van der Waals surface area contributed by atoms with Crippen LogP contribution in [0.1, 0.15) is 22.9 Å². The molecule has 128 valence electrons. The van der Waals surface area contributed by atoms with Crippen LogP contribution in [-0.4, -0.2) is 32.1 Å². The zero-order chi connectivity index (χ0) is 17.3. The largest absolute Gasteiger partial charge is 0.330 e. The highest BCUT2D eigenvalue weighted by Gasteiger charge is 2.25. The van der Waals surface area contributed by atoms with Crippen LogP contribution < -0.4 is 11.2 Å². The number of hydrogen-bond acceptors (Lipinski definition) is 4. The summed E-state index contributed by atoms with van der Waals surface area (Å²) >= 11 is 1.95. The first-order valence-electron chi connectivity index (χ1n) is 8.11. The molecule has 0 radical (unpaired) electrons. The highest BCUT2D eigenvalue weighted by Crippen LogP contribution is 2.30. The molecule has 3 rings (SSSR count). The Hall–Kier alpha value is -1.79. The molecule has 0 saturated carbocycles. The van der Waals surface area contributed by atoms with Crippen LogP contribution >= 0.6 is 11.8 Å². The van der Waals surface area contributed by atoms with Gasteiger partial charge in [-0.05, 0) is 12.5 Å². The number of rotatable bonds is 3. The summed E-state index contributed by atoms with van der Waals surface area (Å²) in [7, 11) is 3.25. The highest BCUT2D eigenvalue weighted by molar-refractivity contribution is 7.99. The first-order valence-corrected chi connectivity index (χ1v) is 9.27. The van der Waals surface area contributed by atoms with E-state index in [0.29, 0.717) is 12.6 Å². The highest BCUT2D eigenvalue weighted by atomic mass is 32.2. The van der Waals surface area contributed by atoms with Gasteiger partial charge in [-0.3, -0.25) is 18.8 Å². The molecule has 0 amide bonds. The fourth-order valence-corrected chi connectivity index (χ4v) is 4.22. The molecular formula is C18H23N3O2S. The molecule has 1 atom stereocenters. The smallest absolute Gasteiger partial charge is 0.299 e. The normalized spacial score (nSPS) is 18.7. The van der Waals surface area contributed by atoms with Gasteiger partial charge in [0.1, 0.15) is 0 Å². The summed E-state index contributed by atoms with van der Waals surface area (Å²) in [6.45, 7) is 3.65. The van der Waals surface area contributed by atoms with Crippen molar-refractivity contribution in [2.75, 3.05) is 18.1 Å². The maximum Gasteiger partial charge on any atom is 0.330 e. The SMILES string of the molecule is Cc1ccc(C2CSCCN2Cc2cc(=O)n(C)c(=O)n2C)cc1. The number of nitrogens with zero attached hydrogens (tertiary/aromatic N) is 3. The molecule has 1 aromatic carbocycles. The van der Waals surface area contributed by atoms with Gasteiger partial charge in [-0.1, -0.05) is 29.8 Å². The van der Waals surface area contributed by atoms with Crippen molar-refractivity contribution in [2.24, 2.45) is 14.1 Å². The summed E-state index contributed by atoms with van der Waals surface area (Å²) < 4.78 is 2.72. The third kappa shape index (κ3) is 3.35. The van der Waals surface area contributed by atoms with Crippen molar-refractivity contribution in [3.05, 3.63) is 68.0 Å². The van der Waals surface area contributed by atoms with Crippen LogP contribution in [0.25, 0.3) is 0 Å². The van der Waals surface area contributed by atoms with Crippen molar-refractivity contribution in [1.29, 1.82) is 0 Å². The van der Waals surface area contributed by atoms with E-state index in [1.807, 2.05) is 11.8 Å². The second-order valence-corrected chi connectivity index (χ2v) is 7.50. The second kappa shape index (κ2) is 6.99. The molecule has 2 aromatic rings. The summed E-state index contributed by atoms with van der Waals surface area (Å²) in [5, 5.41) is 0. The molecule has 1 saturated heterocycles. The standard InChI is InChI=1S/C18H23N3O2S/c1-13-4-6-14(7-5-13)16-12-24-9-8-21(16)11-15-10-17(22)20(3)18(23)19(15)2/h4-7,10,16H,8-9,11-12H2,1-3H3. The van der Waals surface area contributed by atoms with Crippen LogP contribution in [-0.2, 0) is 20.6 Å². The topological polar surface area (TPSA) is 47.2 Å². The van der Waals surface area contributed by atoms with Gasteiger partial charge in [-0.15, -0.1) is 0 Å². The Balaban J connectivity index is 1.91. The monoisotopic (exact) mass is 345 g/mol. The minimum absolute atomic E-state index is 0.244. The summed E-state index contributed by atoms with van der Waals surface area (Å²) in [5.41, 5.74) is 2.80. The van der Waals surface area contributed by atoms with Crippen LogP contribution in [0.4, 0.5) is 0 Å². The van der Waals surface area contributed by atoms with Crippen LogP contribution in [0.15, 0.2) is 39.9 Å². The van der Waals surface area contributed by atoms with Gasteiger partial charge in [0.25, 0.3) is 5.56 Å². The zero-order valence-corrected chi connectivity index (χ0v) is 15.2. The van der Waals surface area contributed by atoms with Gasteiger partial charge < -0.3 is 0 Å². The fraction of sp³-hybridized carbons (Fsp3) is 0.444. The van der Waals surface area contributed by atoms with Gasteiger partial charge in [-0.2, -0.15) is 11.8 Å². The quantitative estimate of drug-likeness (QED) is 0.849. The van der Waals surface area contributed by atoms with Crippen molar-refractivity contribution in [2.45, 2.75) is 19.5 Å². The molecule has 1 aromatic heterocycles. The Bertz CT molecular complexity index is 839. The molecule has 6 heteroatoms. The molecule has 2 heterocycles. The molecular weight excluding hydrogens is 322 g/mol. The molecule has 0 bridgehead atoms. The first kappa shape index (κ1) is 17.0. The van der Waals surface area contributed by atoms with Crippen LogP contribution in [0, 0.1) is 6.92 Å². The van der Waals surface area contributed by atoms with E-state index < -0.39 is 0 Å². The molecule has 24 heavy (non-hydrogen) atoms. The zero-order valence-electron chi connectivity index (χ0n) is 14.4. The maximum absolute atomic E-state index is 12.1. The van der Waals surface area contributed by atoms with E-state index in [9.17, 15) is 9.59 Å². The van der Waals surface area contributed by atoms with Gasteiger partial charge in [-0.25, -0.2) is 4.79 Å². The molecule has 0 N–H and O–H groups in total. The average Bonchev–Trinajstić information content (AvgIpc) is 2.59. The van der Waals surface area contributed by atoms with Crippen LogP contribution in [0.2, 0.25) is 0 Å². The predicted octanol–water partition coefficient (Wildman–Crippen LogP) is 1.68. The molecule has 1 unspecified atom stereocenters. The van der Waals surface area contributed by atoms with Crippen molar-refractivity contribution in [1.82, 2.24) is 14.0 Å². The molecule has 1 aliphatic rings. The van der Waals surface area contributed by atoms with E-state index in [1.54, 1.807) is 17.7 Å². The van der Waals surface area contributed by atoms with Crippen LogP contribution in [0.3, 0.4) is 0 Å². The fourth-order valence-electron chi connectivity index (χ4n) is 3.06. The Kier molecular flexibility index (Phi) is 4.96. The average molecular weight is 345 g/mol. The Morgan fingerprint density at radius 1 is 1.12 bits per heavy atom. The van der Waals surface area contributed by atoms with Gasteiger partial charge >= 0.3 is 5.69 Å². The molecule has 0 aliphatic carbocycles. The predicted molar refractivity (Wildman–Crippen MR) is 98.6 cm³/mol. The second-order valence-electron chi connectivity index (χ2n) is 6.35. The first-order chi connectivity index (χ1) is 11.5.